The van der Waals surface area contributed by atoms with Gasteiger partial charge in [0.2, 0.25) is 5.91 Å². The molecule has 22 heavy (non-hydrogen) atoms. The second-order valence-electron chi connectivity index (χ2n) is 6.01. The molecule has 1 aliphatic rings. The highest BCUT2D eigenvalue weighted by molar-refractivity contribution is 5.85. The first-order chi connectivity index (χ1) is 10.6. The first-order valence-electron chi connectivity index (χ1n) is 7.79. The summed E-state index contributed by atoms with van der Waals surface area (Å²) in [7, 11) is 1.97. The molecule has 2 aromatic rings. The SMILES string of the molecule is CN(CC(O)CN1CCCC1=O)c1ccc2ccccc2c1. The minimum absolute atomic E-state index is 0.160. The number of benzene rings is 2. The summed E-state index contributed by atoms with van der Waals surface area (Å²) in [5, 5.41) is 12.6. The lowest BCUT2D eigenvalue weighted by atomic mass is 10.1. The number of nitrogens with zero attached hydrogens (tertiary/aromatic N) is 2. The molecular formula is C18H22N2O2. The number of hydrogen-bond donors (Lipinski definition) is 1. The zero-order valence-electron chi connectivity index (χ0n) is 12.9. The molecule has 1 heterocycles. The summed E-state index contributed by atoms with van der Waals surface area (Å²) >= 11 is 0. The van der Waals surface area contributed by atoms with Crippen LogP contribution in [-0.2, 0) is 4.79 Å². The fourth-order valence-corrected chi connectivity index (χ4v) is 3.04. The van der Waals surface area contributed by atoms with Crippen LogP contribution in [0.4, 0.5) is 5.69 Å². The number of aliphatic hydroxyl groups excluding tert-OH is 1. The van der Waals surface area contributed by atoms with E-state index < -0.39 is 6.10 Å². The van der Waals surface area contributed by atoms with Gasteiger partial charge in [-0.3, -0.25) is 4.79 Å². The Kier molecular flexibility index (Phi) is 4.29. The third kappa shape index (κ3) is 3.22. The molecular weight excluding hydrogens is 276 g/mol. The molecule has 0 radical (unpaired) electrons. The van der Waals surface area contributed by atoms with E-state index in [2.05, 4.69) is 30.3 Å². The van der Waals surface area contributed by atoms with Crippen molar-refractivity contribution in [3.8, 4) is 0 Å². The summed E-state index contributed by atoms with van der Waals surface area (Å²) in [5.74, 6) is 0.160. The molecule has 1 saturated heterocycles. The van der Waals surface area contributed by atoms with Crippen LogP contribution in [-0.4, -0.2) is 48.7 Å². The van der Waals surface area contributed by atoms with E-state index in [0.717, 1.165) is 18.7 Å². The molecule has 0 aliphatic carbocycles. The van der Waals surface area contributed by atoms with E-state index in [1.807, 2.05) is 24.1 Å². The van der Waals surface area contributed by atoms with Gasteiger partial charge in [-0.25, -0.2) is 0 Å². The minimum atomic E-state index is -0.529. The Balaban J connectivity index is 1.64. The van der Waals surface area contributed by atoms with Crippen molar-refractivity contribution >= 4 is 22.4 Å². The fourth-order valence-electron chi connectivity index (χ4n) is 3.04. The van der Waals surface area contributed by atoms with Gasteiger partial charge in [-0.1, -0.05) is 30.3 Å². The van der Waals surface area contributed by atoms with Crippen LogP contribution in [0.1, 0.15) is 12.8 Å². The molecule has 0 saturated carbocycles. The number of fused-ring (bicyclic) bond motifs is 1. The molecule has 1 unspecified atom stereocenters. The van der Waals surface area contributed by atoms with Crippen molar-refractivity contribution in [1.82, 2.24) is 4.90 Å². The van der Waals surface area contributed by atoms with Crippen LogP contribution >= 0.6 is 0 Å². The largest absolute Gasteiger partial charge is 0.389 e. The monoisotopic (exact) mass is 298 g/mol. The summed E-state index contributed by atoms with van der Waals surface area (Å²) < 4.78 is 0. The van der Waals surface area contributed by atoms with Crippen LogP contribution in [0.5, 0.6) is 0 Å². The highest BCUT2D eigenvalue weighted by Gasteiger charge is 2.23. The number of carbonyl (C=O) groups is 1. The number of anilines is 1. The summed E-state index contributed by atoms with van der Waals surface area (Å²) in [4.78, 5) is 15.4. The fraction of sp³-hybridized carbons (Fsp3) is 0.389. The van der Waals surface area contributed by atoms with Crippen molar-refractivity contribution in [3.63, 3.8) is 0 Å². The van der Waals surface area contributed by atoms with E-state index in [1.165, 1.54) is 10.8 Å². The lowest BCUT2D eigenvalue weighted by Crippen LogP contribution is -2.39. The van der Waals surface area contributed by atoms with E-state index in [9.17, 15) is 9.90 Å². The average Bonchev–Trinajstić information content (AvgIpc) is 2.91. The van der Waals surface area contributed by atoms with E-state index >= 15 is 0 Å². The van der Waals surface area contributed by atoms with Crippen molar-refractivity contribution in [2.24, 2.45) is 0 Å². The van der Waals surface area contributed by atoms with E-state index in [4.69, 9.17) is 0 Å². The van der Waals surface area contributed by atoms with Gasteiger partial charge in [0.1, 0.15) is 0 Å². The molecule has 1 atom stereocenters. The van der Waals surface area contributed by atoms with Crippen molar-refractivity contribution in [3.05, 3.63) is 42.5 Å². The van der Waals surface area contributed by atoms with Crippen molar-refractivity contribution in [1.29, 1.82) is 0 Å². The first-order valence-corrected chi connectivity index (χ1v) is 7.79. The van der Waals surface area contributed by atoms with Gasteiger partial charge in [0.15, 0.2) is 0 Å². The second kappa shape index (κ2) is 6.36. The highest BCUT2D eigenvalue weighted by atomic mass is 16.3. The van der Waals surface area contributed by atoms with E-state index in [1.54, 1.807) is 4.90 Å². The number of carbonyl (C=O) groups excluding carboxylic acids is 1. The van der Waals surface area contributed by atoms with Crippen molar-refractivity contribution in [2.45, 2.75) is 18.9 Å². The summed E-state index contributed by atoms with van der Waals surface area (Å²) in [6, 6.07) is 14.5. The summed E-state index contributed by atoms with van der Waals surface area (Å²) in [6.07, 6.45) is 0.998. The predicted molar refractivity (Wildman–Crippen MR) is 89.0 cm³/mol. The molecule has 4 nitrogen and oxygen atoms in total. The quantitative estimate of drug-likeness (QED) is 0.921. The maximum atomic E-state index is 11.6. The van der Waals surface area contributed by atoms with Crippen LogP contribution in [0.3, 0.4) is 0 Å². The van der Waals surface area contributed by atoms with E-state index in [-0.39, 0.29) is 5.91 Å². The Morgan fingerprint density at radius 1 is 1.23 bits per heavy atom. The first kappa shape index (κ1) is 14.9. The highest BCUT2D eigenvalue weighted by Crippen LogP contribution is 2.21. The number of hydrogen-bond acceptors (Lipinski definition) is 3. The maximum absolute atomic E-state index is 11.6. The van der Waals surface area contributed by atoms with Crippen LogP contribution in [0, 0.1) is 0 Å². The van der Waals surface area contributed by atoms with Gasteiger partial charge in [0.05, 0.1) is 6.10 Å². The molecule has 0 aromatic heterocycles. The molecule has 2 aromatic carbocycles. The molecule has 0 bridgehead atoms. The smallest absolute Gasteiger partial charge is 0.222 e. The Hall–Kier alpha value is -2.07. The molecule has 1 fully saturated rings. The van der Waals surface area contributed by atoms with E-state index in [0.29, 0.717) is 19.5 Å². The number of likely N-dealkylation sites (tertiary alicyclic amines) is 1. The van der Waals surface area contributed by atoms with Crippen molar-refractivity contribution in [2.75, 3.05) is 31.6 Å². The Morgan fingerprint density at radius 3 is 2.73 bits per heavy atom. The Bertz CT molecular complexity index is 671. The molecule has 1 N–H and O–H groups in total. The van der Waals surface area contributed by atoms with Gasteiger partial charge in [-0.05, 0) is 29.3 Å². The molecule has 1 aliphatic heterocycles. The number of rotatable bonds is 5. The molecule has 3 rings (SSSR count). The normalized spacial score (nSPS) is 16.3. The van der Waals surface area contributed by atoms with Gasteiger partial charge in [0, 0.05) is 38.8 Å². The second-order valence-corrected chi connectivity index (χ2v) is 6.01. The lowest BCUT2D eigenvalue weighted by Gasteiger charge is -2.26. The number of aliphatic hydroxyl groups is 1. The van der Waals surface area contributed by atoms with Gasteiger partial charge in [-0.2, -0.15) is 0 Å². The van der Waals surface area contributed by atoms with Crippen LogP contribution in [0.2, 0.25) is 0 Å². The minimum Gasteiger partial charge on any atom is -0.389 e. The molecule has 1 amide bonds. The van der Waals surface area contributed by atoms with Gasteiger partial charge >= 0.3 is 0 Å². The summed E-state index contributed by atoms with van der Waals surface area (Å²) in [5.41, 5.74) is 1.07. The maximum Gasteiger partial charge on any atom is 0.222 e. The third-order valence-electron chi connectivity index (χ3n) is 4.26. The van der Waals surface area contributed by atoms with Crippen LogP contribution in [0.15, 0.2) is 42.5 Å². The Labute approximate surface area is 131 Å². The zero-order valence-corrected chi connectivity index (χ0v) is 12.9. The average molecular weight is 298 g/mol. The number of likely N-dealkylation sites (N-methyl/N-ethyl adjacent to an activating group) is 1. The van der Waals surface area contributed by atoms with Gasteiger partial charge in [0.25, 0.3) is 0 Å². The predicted octanol–water partition coefficient (Wildman–Crippen LogP) is 2.26. The topological polar surface area (TPSA) is 43.8 Å². The third-order valence-corrected chi connectivity index (χ3v) is 4.26. The zero-order chi connectivity index (χ0) is 15.5. The molecule has 4 heteroatoms. The van der Waals surface area contributed by atoms with Crippen LogP contribution < -0.4 is 4.90 Å². The Morgan fingerprint density at radius 2 is 2.00 bits per heavy atom. The molecule has 0 spiro atoms. The summed E-state index contributed by atoms with van der Waals surface area (Å²) in [6.45, 7) is 1.72. The molecule has 116 valence electrons. The van der Waals surface area contributed by atoms with Crippen LogP contribution in [0.25, 0.3) is 10.8 Å². The number of β-amino-alcohol motifs (C(OH)–C–C–N with tert-alkyl or cyclic N) is 1. The van der Waals surface area contributed by atoms with Crippen molar-refractivity contribution < 1.29 is 9.90 Å². The lowest BCUT2D eigenvalue weighted by molar-refractivity contribution is -0.128. The standard InChI is InChI=1S/C18H22N2O2/c1-19(12-17(21)13-20-10-4-7-18(20)22)16-9-8-14-5-2-3-6-15(14)11-16/h2-3,5-6,8-9,11,17,21H,4,7,10,12-13H2,1H3. The van der Waals surface area contributed by atoms with Gasteiger partial charge < -0.3 is 14.9 Å². The number of amides is 1. The van der Waals surface area contributed by atoms with Gasteiger partial charge in [-0.15, -0.1) is 0 Å².